The Morgan fingerprint density at radius 1 is 1.32 bits per heavy atom. The number of rotatable bonds is 3. The first kappa shape index (κ1) is 17.9. The van der Waals surface area contributed by atoms with E-state index in [1.54, 1.807) is 17.8 Å². The summed E-state index contributed by atoms with van der Waals surface area (Å²) in [6.45, 7) is 5.26. The molecule has 1 aromatic carbocycles. The predicted molar refractivity (Wildman–Crippen MR) is 110 cm³/mol. The lowest BCUT2D eigenvalue weighted by Crippen LogP contribution is -2.35. The highest BCUT2D eigenvalue weighted by Gasteiger charge is 2.22. The fourth-order valence-electron chi connectivity index (χ4n) is 4.36. The number of thioether (sulfide) groups is 1. The van der Waals surface area contributed by atoms with Gasteiger partial charge in [-0.2, -0.15) is 0 Å². The van der Waals surface area contributed by atoms with E-state index in [1.807, 2.05) is 17.6 Å². The lowest BCUT2D eigenvalue weighted by molar-refractivity contribution is 0.256. The van der Waals surface area contributed by atoms with Crippen molar-refractivity contribution in [2.24, 2.45) is 0 Å². The molecule has 0 fully saturated rings. The third-order valence-electron chi connectivity index (χ3n) is 5.89. The van der Waals surface area contributed by atoms with Gasteiger partial charge in [-0.15, -0.1) is 0 Å². The number of nitrogens with one attached hydrogen (secondary N) is 1. The van der Waals surface area contributed by atoms with Gasteiger partial charge in [0.05, 0.1) is 0 Å². The molecule has 0 amide bonds. The average molecular weight is 399 g/mol. The molecule has 0 radical (unpaired) electrons. The number of nitrogens with zero attached hydrogens (tertiary/aromatic N) is 3. The molecule has 2 aromatic heterocycles. The van der Waals surface area contributed by atoms with Crippen molar-refractivity contribution in [3.8, 4) is 0 Å². The monoisotopic (exact) mass is 398 g/mol. The highest BCUT2D eigenvalue weighted by atomic mass is 32.2. The molecule has 4 heterocycles. The smallest absolute Gasteiger partial charge is 0.257 e. The summed E-state index contributed by atoms with van der Waals surface area (Å²) in [6, 6.07) is 4.93. The summed E-state index contributed by atoms with van der Waals surface area (Å²) in [4.78, 5) is 23.4. The minimum atomic E-state index is -0.201. The van der Waals surface area contributed by atoms with E-state index in [0.29, 0.717) is 6.42 Å². The van der Waals surface area contributed by atoms with E-state index in [1.165, 1.54) is 17.3 Å². The van der Waals surface area contributed by atoms with Gasteiger partial charge in [0.2, 0.25) is 0 Å². The maximum Gasteiger partial charge on any atom is 0.257 e. The zero-order valence-corrected chi connectivity index (χ0v) is 16.7. The first-order valence-corrected chi connectivity index (χ1v) is 10.8. The summed E-state index contributed by atoms with van der Waals surface area (Å²) in [5, 5.41) is 1.84. The minimum absolute atomic E-state index is 0.126. The molecule has 7 heteroatoms. The molecule has 2 aliphatic heterocycles. The van der Waals surface area contributed by atoms with Crippen molar-refractivity contribution >= 4 is 22.7 Å². The average Bonchev–Trinajstić information content (AvgIpc) is 3.05. The lowest BCUT2D eigenvalue weighted by atomic mass is 10.0. The van der Waals surface area contributed by atoms with E-state index in [2.05, 4.69) is 14.9 Å². The second kappa shape index (κ2) is 7.04. The van der Waals surface area contributed by atoms with Crippen LogP contribution in [0.5, 0.6) is 0 Å². The first-order chi connectivity index (χ1) is 13.6. The molecule has 1 N–H and O–H groups in total. The fourth-order valence-corrected chi connectivity index (χ4v) is 5.35. The van der Waals surface area contributed by atoms with E-state index in [9.17, 15) is 9.18 Å². The molecule has 0 atom stereocenters. The molecule has 0 aliphatic carbocycles. The summed E-state index contributed by atoms with van der Waals surface area (Å²) in [6.07, 6.45) is 2.64. The standard InChI is InChI=1S/C21H23FN4OS/c1-13-15(20(27)26-7-2-10-28-21(26)23-13)5-8-25-9-6-19-17(12-25)16-11-14(22)3-4-18(16)24-19/h3-4,11,24H,2,5-10,12H2,1H3. The van der Waals surface area contributed by atoms with Crippen molar-refractivity contribution < 1.29 is 4.39 Å². The van der Waals surface area contributed by atoms with Crippen molar-refractivity contribution in [1.82, 2.24) is 19.4 Å². The van der Waals surface area contributed by atoms with Crippen LogP contribution in [0.3, 0.4) is 0 Å². The third-order valence-corrected chi connectivity index (χ3v) is 6.95. The van der Waals surface area contributed by atoms with Gasteiger partial charge >= 0.3 is 0 Å². The van der Waals surface area contributed by atoms with E-state index >= 15 is 0 Å². The molecule has 3 aromatic rings. The van der Waals surface area contributed by atoms with Gasteiger partial charge in [-0.1, -0.05) is 11.8 Å². The number of hydrogen-bond acceptors (Lipinski definition) is 4. The van der Waals surface area contributed by atoms with Crippen LogP contribution in [0.1, 0.15) is 28.9 Å². The number of aromatic amines is 1. The summed E-state index contributed by atoms with van der Waals surface area (Å²) in [5.74, 6) is 0.833. The van der Waals surface area contributed by atoms with Crippen LogP contribution in [0.15, 0.2) is 28.2 Å². The first-order valence-electron chi connectivity index (χ1n) is 9.84. The second-order valence-corrected chi connectivity index (χ2v) is 8.73. The number of aromatic nitrogens is 3. The molecule has 0 saturated heterocycles. The van der Waals surface area contributed by atoms with Gasteiger partial charge in [0.1, 0.15) is 5.82 Å². The Hall–Kier alpha value is -2.12. The van der Waals surface area contributed by atoms with Gasteiger partial charge in [0.25, 0.3) is 5.56 Å². The molecular weight excluding hydrogens is 375 g/mol. The number of fused-ring (bicyclic) bond motifs is 4. The molecule has 0 unspecified atom stereocenters. The zero-order chi connectivity index (χ0) is 19.3. The Balaban J connectivity index is 1.37. The van der Waals surface area contributed by atoms with Gasteiger partial charge in [-0.25, -0.2) is 9.37 Å². The van der Waals surface area contributed by atoms with Crippen LogP contribution in [0.2, 0.25) is 0 Å². The predicted octanol–water partition coefficient (Wildman–Crippen LogP) is 3.27. The summed E-state index contributed by atoms with van der Waals surface area (Å²) in [5.41, 5.74) is 5.22. The van der Waals surface area contributed by atoms with Crippen LogP contribution in [0.25, 0.3) is 10.9 Å². The Morgan fingerprint density at radius 2 is 2.21 bits per heavy atom. The normalized spacial score (nSPS) is 16.9. The van der Waals surface area contributed by atoms with Crippen molar-refractivity contribution in [1.29, 1.82) is 0 Å². The quantitative estimate of drug-likeness (QED) is 0.688. The number of hydrogen-bond donors (Lipinski definition) is 1. The minimum Gasteiger partial charge on any atom is -0.358 e. The SMILES string of the molecule is Cc1nc2n(c(=O)c1CCN1CCc3[nH]c4ccc(F)cc4c3C1)CCCS2. The van der Waals surface area contributed by atoms with Crippen LogP contribution >= 0.6 is 11.8 Å². The maximum atomic E-state index is 13.7. The van der Waals surface area contributed by atoms with Crippen LogP contribution < -0.4 is 5.56 Å². The molecule has 0 saturated carbocycles. The molecule has 5 rings (SSSR count). The maximum absolute atomic E-state index is 13.7. The number of halogens is 1. The summed E-state index contributed by atoms with van der Waals surface area (Å²) in [7, 11) is 0. The molecule has 0 spiro atoms. The molecule has 28 heavy (non-hydrogen) atoms. The fraction of sp³-hybridized carbons (Fsp3) is 0.429. The highest BCUT2D eigenvalue weighted by Crippen LogP contribution is 2.28. The van der Waals surface area contributed by atoms with Gasteiger partial charge in [0.15, 0.2) is 5.16 Å². The van der Waals surface area contributed by atoms with Gasteiger partial charge < -0.3 is 4.98 Å². The van der Waals surface area contributed by atoms with Gasteiger partial charge in [-0.3, -0.25) is 14.3 Å². The molecule has 146 valence electrons. The number of H-pyrrole nitrogens is 1. The molecule has 5 nitrogen and oxygen atoms in total. The summed E-state index contributed by atoms with van der Waals surface area (Å²) < 4.78 is 15.5. The Bertz CT molecular complexity index is 1120. The largest absolute Gasteiger partial charge is 0.358 e. The van der Waals surface area contributed by atoms with Crippen LogP contribution in [-0.2, 0) is 25.9 Å². The number of aryl methyl sites for hydroxylation is 1. The van der Waals surface area contributed by atoms with Crippen LogP contribution in [-0.4, -0.2) is 38.3 Å². The van der Waals surface area contributed by atoms with Crippen molar-refractivity contribution in [3.63, 3.8) is 0 Å². The van der Waals surface area contributed by atoms with Crippen LogP contribution in [0.4, 0.5) is 4.39 Å². The van der Waals surface area contributed by atoms with Gasteiger partial charge in [-0.05, 0) is 43.5 Å². The van der Waals surface area contributed by atoms with Crippen LogP contribution in [0, 0.1) is 12.7 Å². The Kier molecular flexibility index (Phi) is 4.51. The number of benzene rings is 1. The van der Waals surface area contributed by atoms with E-state index < -0.39 is 0 Å². The van der Waals surface area contributed by atoms with Crippen molar-refractivity contribution in [3.05, 3.63) is 56.9 Å². The Labute approximate surface area is 167 Å². The highest BCUT2D eigenvalue weighted by molar-refractivity contribution is 7.99. The van der Waals surface area contributed by atoms with Crippen molar-refractivity contribution in [2.45, 2.75) is 44.4 Å². The molecule has 2 aliphatic rings. The zero-order valence-electron chi connectivity index (χ0n) is 15.9. The Morgan fingerprint density at radius 3 is 3.11 bits per heavy atom. The van der Waals surface area contributed by atoms with Gasteiger partial charge in [0, 0.05) is 66.2 Å². The third kappa shape index (κ3) is 3.06. The molecule has 0 bridgehead atoms. The summed E-state index contributed by atoms with van der Waals surface area (Å²) >= 11 is 1.67. The molecular formula is C21H23FN4OS. The topological polar surface area (TPSA) is 53.9 Å². The van der Waals surface area contributed by atoms with Crippen molar-refractivity contribution in [2.75, 3.05) is 18.8 Å². The van der Waals surface area contributed by atoms with E-state index in [-0.39, 0.29) is 11.4 Å². The van der Waals surface area contributed by atoms with E-state index in [4.69, 9.17) is 0 Å². The second-order valence-electron chi connectivity index (χ2n) is 7.67. The van der Waals surface area contributed by atoms with E-state index in [0.717, 1.165) is 72.1 Å². The lowest BCUT2D eigenvalue weighted by Gasteiger charge is -2.27.